The van der Waals surface area contributed by atoms with E-state index in [1.165, 1.54) is 0 Å². The highest BCUT2D eigenvalue weighted by molar-refractivity contribution is 5.97. The summed E-state index contributed by atoms with van der Waals surface area (Å²) in [6, 6.07) is 6.69. The third kappa shape index (κ3) is 4.42. The number of benzene rings is 1. The third-order valence-corrected chi connectivity index (χ3v) is 4.21. The van der Waals surface area contributed by atoms with E-state index in [2.05, 4.69) is 36.4 Å². The zero-order valence-electron chi connectivity index (χ0n) is 13.8. The van der Waals surface area contributed by atoms with Crippen molar-refractivity contribution in [2.45, 2.75) is 32.7 Å². The van der Waals surface area contributed by atoms with Crippen LogP contribution < -0.4 is 16.0 Å². The van der Waals surface area contributed by atoms with E-state index in [0.717, 1.165) is 19.4 Å². The Morgan fingerprint density at radius 3 is 2.65 bits per heavy atom. The molecule has 23 heavy (non-hydrogen) atoms. The Balaban J connectivity index is 1.99. The van der Waals surface area contributed by atoms with Crippen LogP contribution in [-0.2, 0) is 4.79 Å². The summed E-state index contributed by atoms with van der Waals surface area (Å²) in [6.07, 6.45) is 3.75. The zero-order chi connectivity index (χ0) is 16.9. The first-order valence-electron chi connectivity index (χ1n) is 7.97. The van der Waals surface area contributed by atoms with E-state index >= 15 is 0 Å². The van der Waals surface area contributed by atoms with Crippen LogP contribution in [-0.4, -0.2) is 30.9 Å². The molecule has 3 N–H and O–H groups in total. The van der Waals surface area contributed by atoms with Crippen molar-refractivity contribution in [1.82, 2.24) is 10.6 Å². The molecule has 2 amide bonds. The predicted octanol–water partition coefficient (Wildman–Crippen LogP) is 2.32. The van der Waals surface area contributed by atoms with Crippen LogP contribution in [0.5, 0.6) is 0 Å². The average Bonchev–Trinajstić information content (AvgIpc) is 2.52. The zero-order valence-corrected chi connectivity index (χ0v) is 13.8. The molecule has 0 radical (unpaired) electrons. The number of hydrogen-bond donors (Lipinski definition) is 3. The molecule has 1 aliphatic heterocycles. The first-order valence-corrected chi connectivity index (χ1v) is 7.97. The van der Waals surface area contributed by atoms with Gasteiger partial charge in [-0.25, -0.2) is 0 Å². The fourth-order valence-corrected chi connectivity index (χ4v) is 2.84. The van der Waals surface area contributed by atoms with Crippen LogP contribution >= 0.6 is 0 Å². The quantitative estimate of drug-likeness (QED) is 0.730. The lowest BCUT2D eigenvalue weighted by Crippen LogP contribution is -2.53. The number of anilines is 1. The van der Waals surface area contributed by atoms with Gasteiger partial charge < -0.3 is 16.0 Å². The lowest BCUT2D eigenvalue weighted by Gasteiger charge is -2.38. The van der Waals surface area contributed by atoms with E-state index < -0.39 is 0 Å². The Morgan fingerprint density at radius 1 is 1.35 bits per heavy atom. The molecule has 0 spiro atoms. The Labute approximate surface area is 137 Å². The highest BCUT2D eigenvalue weighted by Gasteiger charge is 2.37. The smallest absolute Gasteiger partial charge is 0.251 e. The molecule has 1 heterocycles. The number of piperidine rings is 1. The van der Waals surface area contributed by atoms with Crippen LogP contribution in [0.4, 0.5) is 5.69 Å². The van der Waals surface area contributed by atoms with Gasteiger partial charge in [0.05, 0.1) is 6.04 Å². The van der Waals surface area contributed by atoms with Gasteiger partial charge in [-0.1, -0.05) is 19.9 Å². The Kier molecular flexibility index (Phi) is 5.55. The van der Waals surface area contributed by atoms with E-state index in [1.807, 2.05) is 0 Å². The molecule has 124 valence electrons. The van der Waals surface area contributed by atoms with Crippen LogP contribution in [0.25, 0.3) is 0 Å². The van der Waals surface area contributed by atoms with Gasteiger partial charge in [-0.05, 0) is 49.1 Å². The second-order valence-corrected chi connectivity index (χ2v) is 6.54. The van der Waals surface area contributed by atoms with Crippen LogP contribution in [0.1, 0.15) is 37.0 Å². The molecule has 1 fully saturated rings. The van der Waals surface area contributed by atoms with Crippen molar-refractivity contribution < 1.29 is 9.59 Å². The van der Waals surface area contributed by atoms with E-state index in [1.54, 1.807) is 30.3 Å². The maximum absolute atomic E-state index is 12.5. The summed E-state index contributed by atoms with van der Waals surface area (Å²) >= 11 is 0. The topological polar surface area (TPSA) is 70.2 Å². The molecule has 1 saturated heterocycles. The Hall–Kier alpha value is -2.14. The molecule has 1 aromatic carbocycles. The van der Waals surface area contributed by atoms with E-state index in [-0.39, 0.29) is 23.3 Å². The summed E-state index contributed by atoms with van der Waals surface area (Å²) < 4.78 is 0. The molecule has 0 aliphatic carbocycles. The summed E-state index contributed by atoms with van der Waals surface area (Å²) in [6.45, 7) is 9.07. The Morgan fingerprint density at radius 2 is 2.04 bits per heavy atom. The van der Waals surface area contributed by atoms with Crippen molar-refractivity contribution in [2.75, 3.05) is 18.4 Å². The van der Waals surface area contributed by atoms with E-state index in [9.17, 15) is 9.59 Å². The molecule has 0 bridgehead atoms. The molecule has 5 nitrogen and oxygen atoms in total. The number of rotatable bonds is 5. The molecule has 1 unspecified atom stereocenters. The van der Waals surface area contributed by atoms with Gasteiger partial charge in [0, 0.05) is 17.8 Å². The number of carbonyl (C=O) groups is 2. The fraction of sp³-hybridized carbons (Fsp3) is 0.444. The van der Waals surface area contributed by atoms with E-state index in [0.29, 0.717) is 17.8 Å². The summed E-state index contributed by atoms with van der Waals surface area (Å²) in [5, 5.41) is 8.94. The summed E-state index contributed by atoms with van der Waals surface area (Å²) in [5.74, 6) is -0.184. The molecule has 1 aromatic rings. The van der Waals surface area contributed by atoms with Crippen molar-refractivity contribution in [1.29, 1.82) is 0 Å². The minimum absolute atomic E-state index is 0.0291. The van der Waals surface area contributed by atoms with Crippen molar-refractivity contribution >= 4 is 17.5 Å². The molecule has 0 saturated carbocycles. The lowest BCUT2D eigenvalue weighted by molar-refractivity contribution is -0.121. The van der Waals surface area contributed by atoms with Gasteiger partial charge >= 0.3 is 0 Å². The molecule has 2 rings (SSSR count). The van der Waals surface area contributed by atoms with Gasteiger partial charge in [0.2, 0.25) is 5.91 Å². The first-order chi connectivity index (χ1) is 10.9. The van der Waals surface area contributed by atoms with Gasteiger partial charge in [0.15, 0.2) is 0 Å². The second-order valence-electron chi connectivity index (χ2n) is 6.54. The maximum Gasteiger partial charge on any atom is 0.251 e. The highest BCUT2D eigenvalue weighted by Crippen LogP contribution is 2.30. The average molecular weight is 315 g/mol. The highest BCUT2D eigenvalue weighted by atomic mass is 16.2. The van der Waals surface area contributed by atoms with Crippen LogP contribution in [0.15, 0.2) is 36.9 Å². The summed E-state index contributed by atoms with van der Waals surface area (Å²) in [7, 11) is 0. The summed E-state index contributed by atoms with van der Waals surface area (Å²) in [4.78, 5) is 24.3. The maximum atomic E-state index is 12.5. The predicted molar refractivity (Wildman–Crippen MR) is 92.4 cm³/mol. The minimum atomic E-state index is -0.202. The SMILES string of the molecule is C=CCNC(=O)c1ccc(NC(=O)C2NCCCC2(C)C)cc1. The molecule has 1 aliphatic rings. The normalized spacial score (nSPS) is 19.7. The van der Waals surface area contributed by atoms with Crippen molar-refractivity contribution in [2.24, 2.45) is 5.41 Å². The molecule has 1 atom stereocenters. The number of amides is 2. The lowest BCUT2D eigenvalue weighted by atomic mass is 9.77. The first kappa shape index (κ1) is 17.2. The van der Waals surface area contributed by atoms with Gasteiger partial charge in [-0.3, -0.25) is 9.59 Å². The number of nitrogens with one attached hydrogen (secondary N) is 3. The molecular formula is C18H25N3O2. The molecule has 0 aromatic heterocycles. The van der Waals surface area contributed by atoms with Crippen LogP contribution in [0, 0.1) is 5.41 Å². The summed E-state index contributed by atoms with van der Waals surface area (Å²) in [5.41, 5.74) is 1.19. The van der Waals surface area contributed by atoms with E-state index in [4.69, 9.17) is 0 Å². The molecule has 5 heteroatoms. The third-order valence-electron chi connectivity index (χ3n) is 4.21. The number of hydrogen-bond acceptors (Lipinski definition) is 3. The second kappa shape index (κ2) is 7.42. The van der Waals surface area contributed by atoms with Gasteiger partial charge in [-0.15, -0.1) is 6.58 Å². The monoisotopic (exact) mass is 315 g/mol. The fourth-order valence-electron chi connectivity index (χ4n) is 2.84. The Bertz CT molecular complexity index is 578. The number of carbonyl (C=O) groups excluding carboxylic acids is 2. The standard InChI is InChI=1S/C18H25N3O2/c1-4-11-20-16(22)13-6-8-14(9-7-13)21-17(23)15-18(2,3)10-5-12-19-15/h4,6-9,15,19H,1,5,10-12H2,2-3H3,(H,20,22)(H,21,23). The van der Waals surface area contributed by atoms with Gasteiger partial charge in [0.1, 0.15) is 0 Å². The van der Waals surface area contributed by atoms with Crippen LogP contribution in [0.3, 0.4) is 0 Å². The van der Waals surface area contributed by atoms with Gasteiger partial charge in [0.25, 0.3) is 5.91 Å². The van der Waals surface area contributed by atoms with Gasteiger partial charge in [-0.2, -0.15) is 0 Å². The molecular weight excluding hydrogens is 290 g/mol. The largest absolute Gasteiger partial charge is 0.349 e. The van der Waals surface area contributed by atoms with Crippen LogP contribution in [0.2, 0.25) is 0 Å². The van der Waals surface area contributed by atoms with Crippen molar-refractivity contribution in [3.63, 3.8) is 0 Å². The van der Waals surface area contributed by atoms with Crippen molar-refractivity contribution in [3.05, 3.63) is 42.5 Å². The minimum Gasteiger partial charge on any atom is -0.349 e. The van der Waals surface area contributed by atoms with Crippen molar-refractivity contribution in [3.8, 4) is 0 Å².